The van der Waals surface area contributed by atoms with Crippen molar-refractivity contribution in [3.05, 3.63) is 293 Å². The van der Waals surface area contributed by atoms with Crippen molar-refractivity contribution in [1.82, 2.24) is 0 Å². The summed E-state index contributed by atoms with van der Waals surface area (Å²) < 4.78 is 2.64. The molecule has 0 N–H and O–H groups in total. The third-order valence-corrected chi connectivity index (χ3v) is 19.5. The lowest BCUT2D eigenvalue weighted by Gasteiger charge is -2.40. The highest BCUT2D eigenvalue weighted by Crippen LogP contribution is 2.67. The van der Waals surface area contributed by atoms with Crippen LogP contribution in [-0.4, -0.2) is 0 Å². The van der Waals surface area contributed by atoms with Gasteiger partial charge >= 0.3 is 0 Å². The van der Waals surface area contributed by atoms with Crippen LogP contribution >= 0.6 is 34.9 Å². The smallest absolute Gasteiger partial charge is 0.0736 e. The standard InChI is InChI=1S/C68H41NS3/c1-4-23-49-47(19-1)64-55(67(49)51-25-6-11-34-60(51)70-61-35-12-7-26-52(61)67)29-16-31-57(64)69(43-40-38-42(39-41-43)44-21-15-22-46-45-18-3-10-33-59(45)72-66(44)46)58-32-17-30-56-65(58)48-20-2-5-24-50(48)68(56)53-27-8-13-36-62(53)71-63-37-14-9-28-54(63)68/h1-41H. The first-order chi connectivity index (χ1) is 35.7. The number of benzene rings is 11. The van der Waals surface area contributed by atoms with Gasteiger partial charge in [-0.2, -0.15) is 0 Å². The second-order valence-electron chi connectivity index (χ2n) is 19.3. The van der Waals surface area contributed by atoms with Crippen LogP contribution in [0.2, 0.25) is 0 Å². The van der Waals surface area contributed by atoms with Gasteiger partial charge in [0.05, 0.1) is 22.2 Å². The zero-order valence-electron chi connectivity index (χ0n) is 38.8. The van der Waals surface area contributed by atoms with Gasteiger partial charge in [-0.25, -0.2) is 0 Å². The Balaban J connectivity index is 0.994. The van der Waals surface area contributed by atoms with E-state index in [0.29, 0.717) is 0 Å². The van der Waals surface area contributed by atoms with Gasteiger partial charge in [0, 0.05) is 56.6 Å². The van der Waals surface area contributed by atoms with Crippen LogP contribution in [-0.2, 0) is 10.8 Å². The average Bonchev–Trinajstić information content (AvgIpc) is 4.08. The monoisotopic (exact) mass is 967 g/mol. The largest absolute Gasteiger partial charge is 0.309 e. The number of fused-ring (bicyclic) bond motifs is 21. The van der Waals surface area contributed by atoms with Gasteiger partial charge in [-0.3, -0.25) is 0 Å². The van der Waals surface area contributed by atoms with Crippen LogP contribution in [0.4, 0.5) is 17.1 Å². The molecule has 1 nitrogen and oxygen atoms in total. The van der Waals surface area contributed by atoms with Gasteiger partial charge in [0.2, 0.25) is 0 Å². The summed E-state index contributed by atoms with van der Waals surface area (Å²) in [4.78, 5) is 7.83. The van der Waals surface area contributed by atoms with Gasteiger partial charge in [-0.1, -0.05) is 218 Å². The number of hydrogen-bond acceptors (Lipinski definition) is 4. The third kappa shape index (κ3) is 5.31. The molecule has 0 bridgehead atoms. The van der Waals surface area contributed by atoms with Crippen LogP contribution in [0, 0.1) is 0 Å². The van der Waals surface area contributed by atoms with Crippen molar-refractivity contribution in [1.29, 1.82) is 0 Å². The molecule has 72 heavy (non-hydrogen) atoms. The van der Waals surface area contributed by atoms with Gasteiger partial charge in [0.15, 0.2) is 0 Å². The Hall–Kier alpha value is -7.86. The third-order valence-electron chi connectivity index (χ3n) is 16.0. The minimum atomic E-state index is -0.513. The fourth-order valence-corrected chi connectivity index (χ4v) is 16.9. The van der Waals surface area contributed by atoms with Gasteiger partial charge in [-0.05, 0) is 121 Å². The van der Waals surface area contributed by atoms with Crippen molar-refractivity contribution in [3.63, 3.8) is 0 Å². The quantitative estimate of drug-likeness (QED) is 0.173. The normalized spacial score (nSPS) is 14.5. The van der Waals surface area contributed by atoms with Gasteiger partial charge in [-0.15, -0.1) is 11.3 Å². The minimum absolute atomic E-state index is 0.513. The van der Waals surface area contributed by atoms with E-state index in [4.69, 9.17) is 0 Å². The first kappa shape index (κ1) is 40.8. The van der Waals surface area contributed by atoms with Crippen LogP contribution in [0.3, 0.4) is 0 Å². The first-order valence-electron chi connectivity index (χ1n) is 24.7. The molecule has 0 saturated carbocycles. The molecule has 0 saturated heterocycles. The Kier molecular flexibility index (Phi) is 8.69. The highest BCUT2D eigenvalue weighted by atomic mass is 32.2. The van der Waals surface area contributed by atoms with E-state index in [2.05, 4.69) is 254 Å². The molecule has 16 rings (SSSR count). The maximum absolute atomic E-state index is 2.61. The Bertz CT molecular complexity index is 3970. The van der Waals surface area contributed by atoms with E-state index in [1.807, 2.05) is 34.9 Å². The number of rotatable bonds is 4. The molecular formula is C68H41NS3. The Morgan fingerprint density at radius 1 is 0.292 bits per heavy atom. The highest BCUT2D eigenvalue weighted by molar-refractivity contribution is 7.99. The summed E-state index contributed by atoms with van der Waals surface area (Å²) in [5.41, 5.74) is 20.6. The van der Waals surface area contributed by atoms with E-state index in [1.54, 1.807) is 0 Å². The van der Waals surface area contributed by atoms with Crippen molar-refractivity contribution in [2.75, 3.05) is 4.90 Å². The van der Waals surface area contributed by atoms with Crippen molar-refractivity contribution in [2.45, 2.75) is 30.4 Å². The predicted octanol–water partition coefficient (Wildman–Crippen LogP) is 18.8. The minimum Gasteiger partial charge on any atom is -0.309 e. The van der Waals surface area contributed by atoms with E-state index < -0.39 is 10.8 Å². The lowest BCUT2D eigenvalue weighted by Crippen LogP contribution is -2.32. The number of nitrogens with zero attached hydrogens (tertiary/aromatic N) is 1. The zero-order chi connectivity index (χ0) is 47.1. The summed E-state index contributed by atoms with van der Waals surface area (Å²) in [5, 5.41) is 2.63. The van der Waals surface area contributed by atoms with E-state index in [9.17, 15) is 0 Å². The van der Waals surface area contributed by atoms with E-state index in [0.717, 1.165) is 17.1 Å². The van der Waals surface area contributed by atoms with Crippen LogP contribution < -0.4 is 4.90 Å². The summed E-state index contributed by atoms with van der Waals surface area (Å²) in [6.45, 7) is 0. The van der Waals surface area contributed by atoms with Crippen molar-refractivity contribution in [3.8, 4) is 33.4 Å². The van der Waals surface area contributed by atoms with Crippen LogP contribution in [0.5, 0.6) is 0 Å². The van der Waals surface area contributed by atoms with Crippen LogP contribution in [0.1, 0.15) is 44.5 Å². The summed E-state index contributed by atoms with van der Waals surface area (Å²) >= 11 is 5.68. The number of thiophene rings is 1. The first-order valence-corrected chi connectivity index (χ1v) is 27.2. The molecule has 0 fully saturated rings. The maximum Gasteiger partial charge on any atom is 0.0736 e. The molecular weight excluding hydrogens is 927 g/mol. The van der Waals surface area contributed by atoms with Crippen LogP contribution in [0.15, 0.2) is 268 Å². The lowest BCUT2D eigenvalue weighted by atomic mass is 9.67. The molecule has 3 heterocycles. The molecule has 4 aliphatic rings. The number of hydrogen-bond donors (Lipinski definition) is 0. The Morgan fingerprint density at radius 2 is 0.681 bits per heavy atom. The fourth-order valence-electron chi connectivity index (χ4n) is 13.3. The summed E-state index contributed by atoms with van der Waals surface area (Å²) in [7, 11) is 0. The molecule has 0 radical (unpaired) electrons. The molecule has 2 aliphatic heterocycles. The molecule has 11 aromatic carbocycles. The second kappa shape index (κ2) is 15.3. The lowest BCUT2D eigenvalue weighted by molar-refractivity contribution is 0.722. The predicted molar refractivity (Wildman–Crippen MR) is 302 cm³/mol. The maximum atomic E-state index is 2.61. The average molecular weight is 968 g/mol. The highest BCUT2D eigenvalue weighted by Gasteiger charge is 2.53. The summed E-state index contributed by atoms with van der Waals surface area (Å²) in [6.07, 6.45) is 0. The molecule has 0 atom stereocenters. The molecule has 2 spiro atoms. The molecule has 1 aromatic heterocycles. The Labute approximate surface area is 431 Å². The van der Waals surface area contributed by atoms with Gasteiger partial charge in [0.25, 0.3) is 0 Å². The SMILES string of the molecule is c1ccc2c(c1)Sc1ccccc1C21c2ccccc2-c2c(N(c3ccc(-c4cccc5c4sc4ccccc45)cc3)c3cccc4c3-c3ccccc3C43c4ccccc4Sc4ccccc43)cccc21. The van der Waals surface area contributed by atoms with Crippen molar-refractivity contribution in [2.24, 2.45) is 0 Å². The van der Waals surface area contributed by atoms with Crippen molar-refractivity contribution < 1.29 is 0 Å². The molecule has 0 unspecified atom stereocenters. The van der Waals surface area contributed by atoms with Crippen LogP contribution in [0.25, 0.3) is 53.6 Å². The van der Waals surface area contributed by atoms with Gasteiger partial charge < -0.3 is 4.90 Å². The van der Waals surface area contributed by atoms with Crippen molar-refractivity contribution >= 4 is 72.1 Å². The Morgan fingerprint density at radius 3 is 1.19 bits per heavy atom. The van der Waals surface area contributed by atoms with E-state index in [1.165, 1.54) is 118 Å². The topological polar surface area (TPSA) is 3.24 Å². The number of anilines is 3. The molecule has 0 amide bonds. The molecule has 4 heteroatoms. The summed E-state index contributed by atoms with van der Waals surface area (Å²) in [5.74, 6) is 0. The molecule has 12 aromatic rings. The second-order valence-corrected chi connectivity index (χ2v) is 22.6. The molecule has 336 valence electrons. The zero-order valence-corrected chi connectivity index (χ0v) is 41.3. The van der Waals surface area contributed by atoms with E-state index >= 15 is 0 Å². The van der Waals surface area contributed by atoms with E-state index in [-0.39, 0.29) is 0 Å². The summed E-state index contributed by atoms with van der Waals surface area (Å²) in [6, 6.07) is 94.3. The fraction of sp³-hybridized carbons (Fsp3) is 0.0294. The van der Waals surface area contributed by atoms with Gasteiger partial charge in [0.1, 0.15) is 0 Å². The molecule has 2 aliphatic carbocycles.